The van der Waals surface area contributed by atoms with Crippen LogP contribution in [-0.4, -0.2) is 17.0 Å². The van der Waals surface area contributed by atoms with Crippen LogP contribution in [0.5, 0.6) is 0 Å². The number of amides is 1. The van der Waals surface area contributed by atoms with Gasteiger partial charge in [0.15, 0.2) is 0 Å². The van der Waals surface area contributed by atoms with Gasteiger partial charge in [-0.05, 0) is 56.4 Å². The first kappa shape index (κ1) is 11.5. The third-order valence-corrected chi connectivity index (χ3v) is 4.26. The lowest BCUT2D eigenvalue weighted by atomic mass is 9.55. The minimum atomic E-state index is -0.0501. The predicted molar refractivity (Wildman–Crippen MR) is 71.1 cm³/mol. The molecule has 0 aliphatic heterocycles. The first-order valence-corrected chi connectivity index (χ1v) is 6.47. The Hall–Kier alpha value is -1.55. The van der Waals surface area contributed by atoms with E-state index in [1.807, 2.05) is 0 Å². The summed E-state index contributed by atoms with van der Waals surface area (Å²) in [5.41, 5.74) is 13.1. The molecule has 0 atom stereocenters. The van der Waals surface area contributed by atoms with E-state index in [1.54, 1.807) is 24.3 Å². The van der Waals surface area contributed by atoms with Crippen molar-refractivity contribution in [1.29, 1.82) is 0 Å². The van der Waals surface area contributed by atoms with Crippen LogP contribution >= 0.6 is 0 Å². The maximum atomic E-state index is 12.2. The molecule has 18 heavy (non-hydrogen) atoms. The molecule has 5 N–H and O–H groups in total. The summed E-state index contributed by atoms with van der Waals surface area (Å²) < 4.78 is 0. The summed E-state index contributed by atoms with van der Waals surface area (Å²) in [5.74, 6) is -0.0149. The van der Waals surface area contributed by atoms with E-state index in [0.29, 0.717) is 11.3 Å². The summed E-state index contributed by atoms with van der Waals surface area (Å²) >= 11 is 0. The number of carbonyl (C=O) groups is 1. The molecule has 4 rings (SSSR count). The zero-order valence-electron chi connectivity index (χ0n) is 10.4. The second-order valence-corrected chi connectivity index (χ2v) is 5.93. The van der Waals surface area contributed by atoms with E-state index in [2.05, 4.69) is 5.32 Å². The van der Waals surface area contributed by atoms with Crippen LogP contribution in [0.2, 0.25) is 0 Å². The second kappa shape index (κ2) is 3.72. The van der Waals surface area contributed by atoms with Gasteiger partial charge >= 0.3 is 0 Å². The highest BCUT2D eigenvalue weighted by atomic mass is 16.1. The maximum absolute atomic E-state index is 12.2. The molecule has 3 saturated carbocycles. The molecule has 1 amide bonds. The van der Waals surface area contributed by atoms with Gasteiger partial charge in [0.05, 0.1) is 0 Å². The molecule has 4 heteroatoms. The lowest BCUT2D eigenvalue weighted by molar-refractivity contribution is 0.0161. The third kappa shape index (κ3) is 1.86. The number of nitrogens with two attached hydrogens (primary N) is 2. The second-order valence-electron chi connectivity index (χ2n) is 5.93. The average molecular weight is 245 g/mol. The lowest BCUT2D eigenvalue weighted by Gasteiger charge is -2.59. The number of hydrogen-bond donors (Lipinski definition) is 3. The minimum Gasteiger partial charge on any atom is -0.399 e. The van der Waals surface area contributed by atoms with Crippen molar-refractivity contribution in [3.05, 3.63) is 29.8 Å². The van der Waals surface area contributed by atoms with Crippen molar-refractivity contribution in [3.63, 3.8) is 0 Å². The molecule has 0 spiro atoms. The van der Waals surface area contributed by atoms with Crippen molar-refractivity contribution in [2.24, 2.45) is 5.73 Å². The number of fused-ring (bicyclic) bond motifs is 2. The van der Waals surface area contributed by atoms with Gasteiger partial charge in [0.25, 0.3) is 5.91 Å². The van der Waals surface area contributed by atoms with Gasteiger partial charge < -0.3 is 16.8 Å². The molecular weight excluding hydrogens is 226 g/mol. The number of hydrogen-bond acceptors (Lipinski definition) is 3. The van der Waals surface area contributed by atoms with Crippen LogP contribution in [0.4, 0.5) is 5.69 Å². The van der Waals surface area contributed by atoms with Crippen LogP contribution in [0.25, 0.3) is 0 Å². The number of rotatable bonds is 2. The topological polar surface area (TPSA) is 81.1 Å². The number of nitrogens with one attached hydrogen (secondary N) is 1. The zero-order chi connectivity index (χ0) is 12.8. The molecule has 96 valence electrons. The van der Waals surface area contributed by atoms with E-state index in [-0.39, 0.29) is 17.0 Å². The van der Waals surface area contributed by atoms with Gasteiger partial charge in [0, 0.05) is 22.3 Å². The van der Waals surface area contributed by atoms with Gasteiger partial charge in [0.1, 0.15) is 0 Å². The number of anilines is 1. The molecule has 3 aliphatic rings. The molecule has 0 saturated heterocycles. The smallest absolute Gasteiger partial charge is 0.251 e. The maximum Gasteiger partial charge on any atom is 0.251 e. The fraction of sp³-hybridized carbons (Fsp3) is 0.500. The Balaban J connectivity index is 1.70. The van der Waals surface area contributed by atoms with E-state index in [4.69, 9.17) is 11.5 Å². The van der Waals surface area contributed by atoms with Crippen molar-refractivity contribution in [1.82, 2.24) is 5.32 Å². The molecule has 0 unspecified atom stereocenters. The molecule has 0 radical (unpaired) electrons. The Morgan fingerprint density at radius 2 is 1.83 bits per heavy atom. The first-order valence-electron chi connectivity index (χ1n) is 6.47. The highest BCUT2D eigenvalue weighted by molar-refractivity contribution is 5.95. The Kier molecular flexibility index (Phi) is 2.38. The molecule has 3 fully saturated rings. The molecule has 1 aromatic carbocycles. The predicted octanol–water partition coefficient (Wildman–Crippen LogP) is 1.41. The van der Waals surface area contributed by atoms with Crippen molar-refractivity contribution in [3.8, 4) is 0 Å². The van der Waals surface area contributed by atoms with Crippen LogP contribution < -0.4 is 16.8 Å². The van der Waals surface area contributed by atoms with Crippen molar-refractivity contribution < 1.29 is 4.79 Å². The van der Waals surface area contributed by atoms with E-state index < -0.39 is 0 Å². The van der Waals surface area contributed by atoms with Gasteiger partial charge in [-0.2, -0.15) is 0 Å². The lowest BCUT2D eigenvalue weighted by Crippen LogP contribution is -2.71. The zero-order valence-corrected chi connectivity index (χ0v) is 10.4. The quantitative estimate of drug-likeness (QED) is 0.689. The summed E-state index contributed by atoms with van der Waals surface area (Å²) in [6.45, 7) is 0. The largest absolute Gasteiger partial charge is 0.399 e. The number of carbonyl (C=O) groups excluding carboxylic acids is 1. The highest BCUT2D eigenvalue weighted by Gasteiger charge is 2.55. The Bertz CT molecular complexity index is 474. The monoisotopic (exact) mass is 245 g/mol. The van der Waals surface area contributed by atoms with E-state index in [9.17, 15) is 4.79 Å². The molecule has 3 aliphatic carbocycles. The number of nitrogen functional groups attached to an aromatic ring is 1. The van der Waals surface area contributed by atoms with E-state index >= 15 is 0 Å². The van der Waals surface area contributed by atoms with Crippen molar-refractivity contribution in [2.45, 2.75) is 43.2 Å². The SMILES string of the molecule is Nc1ccc(C(=O)NC23CCCC(N)(C2)C3)cc1. The summed E-state index contributed by atoms with van der Waals surface area (Å²) in [7, 11) is 0. The van der Waals surface area contributed by atoms with Gasteiger partial charge in [0.2, 0.25) is 0 Å². The van der Waals surface area contributed by atoms with Crippen LogP contribution in [0, 0.1) is 0 Å². The normalized spacial score (nSPS) is 33.6. The molecule has 0 aromatic heterocycles. The third-order valence-electron chi connectivity index (χ3n) is 4.26. The Morgan fingerprint density at radius 1 is 1.17 bits per heavy atom. The average Bonchev–Trinajstić information content (AvgIpc) is 2.28. The fourth-order valence-corrected chi connectivity index (χ4v) is 3.53. The highest BCUT2D eigenvalue weighted by Crippen LogP contribution is 2.50. The van der Waals surface area contributed by atoms with Crippen molar-refractivity contribution in [2.75, 3.05) is 5.73 Å². The summed E-state index contributed by atoms with van der Waals surface area (Å²) in [5, 5.41) is 3.16. The summed E-state index contributed by atoms with van der Waals surface area (Å²) in [6, 6.07) is 7.03. The molecule has 0 heterocycles. The van der Waals surface area contributed by atoms with Gasteiger partial charge in [-0.15, -0.1) is 0 Å². The fourth-order valence-electron chi connectivity index (χ4n) is 3.53. The van der Waals surface area contributed by atoms with Crippen LogP contribution in [0.1, 0.15) is 42.5 Å². The standard InChI is InChI=1S/C14H19N3O/c15-11-4-2-10(3-5-11)12(18)17-14-7-1-6-13(16,8-14)9-14/h2-5H,1,6-9,15-16H2,(H,17,18). The van der Waals surface area contributed by atoms with Gasteiger partial charge in [-0.3, -0.25) is 4.79 Å². The van der Waals surface area contributed by atoms with Crippen LogP contribution in [0.3, 0.4) is 0 Å². The first-order chi connectivity index (χ1) is 8.50. The molecule has 1 aromatic rings. The van der Waals surface area contributed by atoms with E-state index in [0.717, 1.165) is 32.1 Å². The number of benzene rings is 1. The van der Waals surface area contributed by atoms with Gasteiger partial charge in [-0.1, -0.05) is 0 Å². The van der Waals surface area contributed by atoms with Crippen molar-refractivity contribution >= 4 is 11.6 Å². The van der Waals surface area contributed by atoms with Gasteiger partial charge in [-0.25, -0.2) is 0 Å². The van der Waals surface area contributed by atoms with Crippen LogP contribution in [-0.2, 0) is 0 Å². The van der Waals surface area contributed by atoms with E-state index in [1.165, 1.54) is 0 Å². The summed E-state index contributed by atoms with van der Waals surface area (Å²) in [4.78, 5) is 12.2. The molecule has 4 nitrogen and oxygen atoms in total. The Labute approximate surface area is 107 Å². The molecular formula is C14H19N3O. The summed E-state index contributed by atoms with van der Waals surface area (Å²) in [6.07, 6.45) is 5.08. The minimum absolute atomic E-state index is 0.0149. The Morgan fingerprint density at radius 3 is 2.44 bits per heavy atom. The van der Waals surface area contributed by atoms with Crippen LogP contribution in [0.15, 0.2) is 24.3 Å². The molecule has 2 bridgehead atoms.